The fourth-order valence-electron chi connectivity index (χ4n) is 1.15. The van der Waals surface area contributed by atoms with Crippen molar-refractivity contribution in [2.75, 3.05) is 13.1 Å². The standard InChI is InChI=1S/C11H26N4O/c1-9(12)8-15(13)6-5-10(16)7-14-11(2,3)4/h8,10,14,16H,5-7,12-13H2,1-4H3/b9-8-. The maximum absolute atomic E-state index is 9.70. The molecule has 5 heteroatoms. The van der Waals surface area contributed by atoms with Crippen molar-refractivity contribution < 1.29 is 5.11 Å². The van der Waals surface area contributed by atoms with Crippen LogP contribution in [0.1, 0.15) is 34.1 Å². The number of rotatable bonds is 6. The summed E-state index contributed by atoms with van der Waals surface area (Å²) in [5, 5.41) is 14.4. The van der Waals surface area contributed by atoms with E-state index < -0.39 is 6.10 Å². The van der Waals surface area contributed by atoms with Gasteiger partial charge in [-0.05, 0) is 34.1 Å². The number of hydrazine groups is 1. The molecule has 0 rings (SSSR count). The quantitative estimate of drug-likeness (QED) is 0.384. The van der Waals surface area contributed by atoms with Crippen molar-refractivity contribution in [3.8, 4) is 0 Å². The van der Waals surface area contributed by atoms with Crippen LogP contribution in [0.4, 0.5) is 0 Å². The Hall–Kier alpha value is -0.780. The summed E-state index contributed by atoms with van der Waals surface area (Å²) >= 11 is 0. The Morgan fingerprint density at radius 2 is 2.06 bits per heavy atom. The summed E-state index contributed by atoms with van der Waals surface area (Å²) in [5.74, 6) is 5.65. The summed E-state index contributed by atoms with van der Waals surface area (Å²) in [6, 6.07) is 0. The minimum absolute atomic E-state index is 0.0249. The van der Waals surface area contributed by atoms with Gasteiger partial charge in [-0.15, -0.1) is 0 Å². The van der Waals surface area contributed by atoms with Gasteiger partial charge in [0, 0.05) is 30.5 Å². The Labute approximate surface area is 98.5 Å². The van der Waals surface area contributed by atoms with Gasteiger partial charge in [-0.1, -0.05) is 0 Å². The lowest BCUT2D eigenvalue weighted by molar-refractivity contribution is 0.140. The number of aliphatic hydroxyl groups is 1. The van der Waals surface area contributed by atoms with Gasteiger partial charge in [0.2, 0.25) is 0 Å². The second-order valence-electron chi connectivity index (χ2n) is 5.18. The number of hydrogen-bond acceptors (Lipinski definition) is 5. The highest BCUT2D eigenvalue weighted by Gasteiger charge is 2.12. The van der Waals surface area contributed by atoms with Gasteiger partial charge in [-0.3, -0.25) is 0 Å². The molecule has 0 aromatic heterocycles. The first-order valence-corrected chi connectivity index (χ1v) is 5.59. The van der Waals surface area contributed by atoms with Crippen LogP contribution in [-0.2, 0) is 0 Å². The van der Waals surface area contributed by atoms with Crippen LogP contribution >= 0.6 is 0 Å². The molecule has 0 bridgehead atoms. The number of nitrogens with two attached hydrogens (primary N) is 2. The van der Waals surface area contributed by atoms with Crippen molar-refractivity contribution in [3.63, 3.8) is 0 Å². The fourth-order valence-corrected chi connectivity index (χ4v) is 1.15. The molecule has 1 unspecified atom stereocenters. The minimum Gasteiger partial charge on any atom is -0.401 e. The smallest absolute Gasteiger partial charge is 0.0682 e. The van der Waals surface area contributed by atoms with E-state index in [1.165, 1.54) is 5.01 Å². The van der Waals surface area contributed by atoms with Crippen molar-refractivity contribution in [2.45, 2.75) is 45.8 Å². The van der Waals surface area contributed by atoms with Crippen LogP contribution in [0.15, 0.2) is 11.9 Å². The van der Waals surface area contributed by atoms with Crippen molar-refractivity contribution in [3.05, 3.63) is 11.9 Å². The molecule has 6 N–H and O–H groups in total. The molecule has 96 valence electrons. The lowest BCUT2D eigenvalue weighted by Gasteiger charge is -2.23. The second-order valence-corrected chi connectivity index (χ2v) is 5.18. The van der Waals surface area contributed by atoms with Gasteiger partial charge in [-0.25, -0.2) is 5.84 Å². The summed E-state index contributed by atoms with van der Waals surface area (Å²) in [5.41, 5.74) is 6.16. The Balaban J connectivity index is 3.73. The highest BCUT2D eigenvalue weighted by molar-refractivity contribution is 4.89. The van der Waals surface area contributed by atoms with E-state index in [4.69, 9.17) is 11.6 Å². The molecule has 0 radical (unpaired) electrons. The highest BCUT2D eigenvalue weighted by Crippen LogP contribution is 2.00. The Kier molecular flexibility index (Phi) is 6.40. The molecule has 0 heterocycles. The van der Waals surface area contributed by atoms with E-state index in [2.05, 4.69) is 26.1 Å². The maximum atomic E-state index is 9.70. The maximum Gasteiger partial charge on any atom is 0.0682 e. The van der Waals surface area contributed by atoms with Crippen LogP contribution in [0.5, 0.6) is 0 Å². The van der Waals surface area contributed by atoms with Crippen LogP contribution < -0.4 is 16.9 Å². The number of nitrogens with zero attached hydrogens (tertiary/aromatic N) is 1. The SMILES string of the molecule is C/C(N)=C/N(N)CCC(O)CNC(C)(C)C. The van der Waals surface area contributed by atoms with Crippen molar-refractivity contribution in [1.29, 1.82) is 0 Å². The monoisotopic (exact) mass is 230 g/mol. The van der Waals surface area contributed by atoms with Gasteiger partial charge >= 0.3 is 0 Å². The molecule has 0 fully saturated rings. The van der Waals surface area contributed by atoms with Crippen LogP contribution in [-0.4, -0.2) is 34.8 Å². The van der Waals surface area contributed by atoms with Crippen LogP contribution in [0, 0.1) is 0 Å². The lowest BCUT2D eigenvalue weighted by Crippen LogP contribution is -2.42. The van der Waals surface area contributed by atoms with Gasteiger partial charge in [0.1, 0.15) is 0 Å². The normalized spacial score (nSPS) is 15.0. The molecule has 5 nitrogen and oxygen atoms in total. The fraction of sp³-hybridized carbons (Fsp3) is 0.818. The van der Waals surface area contributed by atoms with E-state index in [0.29, 0.717) is 25.2 Å². The third-order valence-corrected chi connectivity index (χ3v) is 1.96. The van der Waals surface area contributed by atoms with Crippen molar-refractivity contribution in [2.24, 2.45) is 11.6 Å². The molecule has 0 saturated heterocycles. The first-order valence-electron chi connectivity index (χ1n) is 5.59. The van der Waals surface area contributed by atoms with Gasteiger partial charge in [0.05, 0.1) is 6.10 Å². The zero-order valence-electron chi connectivity index (χ0n) is 10.8. The van der Waals surface area contributed by atoms with E-state index in [9.17, 15) is 5.11 Å². The van der Waals surface area contributed by atoms with Crippen LogP contribution in [0.3, 0.4) is 0 Å². The summed E-state index contributed by atoms with van der Waals surface area (Å²) in [7, 11) is 0. The molecular formula is C11H26N4O. The summed E-state index contributed by atoms with van der Waals surface area (Å²) in [6.45, 7) is 9.13. The van der Waals surface area contributed by atoms with Crippen LogP contribution in [0.2, 0.25) is 0 Å². The number of hydrogen-bond donors (Lipinski definition) is 4. The van der Waals surface area contributed by atoms with E-state index in [1.54, 1.807) is 13.1 Å². The predicted molar refractivity (Wildman–Crippen MR) is 67.2 cm³/mol. The molecule has 1 atom stereocenters. The van der Waals surface area contributed by atoms with E-state index in [0.717, 1.165) is 0 Å². The Morgan fingerprint density at radius 3 is 2.50 bits per heavy atom. The molecule has 0 saturated carbocycles. The summed E-state index contributed by atoms with van der Waals surface area (Å²) < 4.78 is 0. The van der Waals surface area contributed by atoms with E-state index >= 15 is 0 Å². The molecule has 0 aliphatic carbocycles. The molecule has 0 aromatic rings. The lowest BCUT2D eigenvalue weighted by atomic mass is 10.1. The number of aliphatic hydroxyl groups excluding tert-OH is 1. The van der Waals surface area contributed by atoms with Crippen molar-refractivity contribution >= 4 is 0 Å². The molecule has 16 heavy (non-hydrogen) atoms. The number of β-amino-alcohol motifs (C(OH)–C–C–N with tert-alkyl or cyclic N) is 1. The largest absolute Gasteiger partial charge is 0.401 e. The van der Waals surface area contributed by atoms with Crippen molar-refractivity contribution in [1.82, 2.24) is 10.3 Å². The molecule has 0 amide bonds. The minimum atomic E-state index is -0.392. The molecule has 0 aliphatic rings. The molecular weight excluding hydrogens is 204 g/mol. The third-order valence-electron chi connectivity index (χ3n) is 1.96. The van der Waals surface area contributed by atoms with E-state index in [-0.39, 0.29) is 5.54 Å². The highest BCUT2D eigenvalue weighted by atomic mass is 16.3. The average molecular weight is 230 g/mol. The van der Waals surface area contributed by atoms with Gasteiger partial charge in [-0.2, -0.15) is 0 Å². The van der Waals surface area contributed by atoms with Gasteiger partial charge < -0.3 is 21.2 Å². The zero-order chi connectivity index (χ0) is 12.8. The predicted octanol–water partition coefficient (Wildman–Crippen LogP) is 0.121. The third kappa shape index (κ3) is 9.76. The molecule has 0 spiro atoms. The van der Waals surface area contributed by atoms with Gasteiger partial charge in [0.15, 0.2) is 0 Å². The Bertz CT molecular complexity index is 219. The average Bonchev–Trinajstić information content (AvgIpc) is 2.09. The first kappa shape index (κ1) is 15.2. The van der Waals surface area contributed by atoms with Gasteiger partial charge in [0.25, 0.3) is 0 Å². The number of nitrogens with one attached hydrogen (secondary N) is 1. The molecule has 0 aliphatic heterocycles. The summed E-state index contributed by atoms with van der Waals surface area (Å²) in [6.07, 6.45) is 1.88. The zero-order valence-corrected chi connectivity index (χ0v) is 10.8. The first-order chi connectivity index (χ1) is 7.20. The molecule has 0 aromatic carbocycles. The topological polar surface area (TPSA) is 87.5 Å². The number of allylic oxidation sites excluding steroid dienone is 1. The summed E-state index contributed by atoms with van der Waals surface area (Å²) in [4.78, 5) is 0. The van der Waals surface area contributed by atoms with Crippen LogP contribution in [0.25, 0.3) is 0 Å². The second kappa shape index (κ2) is 6.73. The Morgan fingerprint density at radius 1 is 1.50 bits per heavy atom. The van der Waals surface area contributed by atoms with E-state index in [1.807, 2.05) is 0 Å².